The van der Waals surface area contributed by atoms with Gasteiger partial charge in [0.1, 0.15) is 11.8 Å². The summed E-state index contributed by atoms with van der Waals surface area (Å²) in [6.45, 7) is 1.59. The van der Waals surface area contributed by atoms with Crippen LogP contribution in [0.15, 0.2) is 51.7 Å². The number of hydrogen-bond acceptors (Lipinski definition) is 5. The molecule has 0 bridgehead atoms. The molecule has 1 aromatic heterocycles. The minimum absolute atomic E-state index is 0.0259. The van der Waals surface area contributed by atoms with Crippen LogP contribution in [0.25, 0.3) is 11.1 Å². The van der Waals surface area contributed by atoms with E-state index >= 15 is 0 Å². The molecular formula is C19H16N2O5. The van der Waals surface area contributed by atoms with Crippen LogP contribution in [0.3, 0.4) is 0 Å². The number of nitrogens with zero attached hydrogens (tertiary/aromatic N) is 1. The summed E-state index contributed by atoms with van der Waals surface area (Å²) >= 11 is 0. The molecule has 0 spiro atoms. The second-order valence-electron chi connectivity index (χ2n) is 6.17. The average Bonchev–Trinajstić information content (AvgIpc) is 2.96. The molecule has 0 saturated heterocycles. The number of carbonyl (C=O) groups excluding carboxylic acids is 2. The van der Waals surface area contributed by atoms with Gasteiger partial charge in [-0.05, 0) is 49.2 Å². The zero-order valence-corrected chi connectivity index (χ0v) is 14.0. The Hall–Kier alpha value is -3.35. The van der Waals surface area contributed by atoms with Gasteiger partial charge in [-0.15, -0.1) is 0 Å². The third-order valence-electron chi connectivity index (χ3n) is 4.44. The molecule has 1 amide bonds. The topological polar surface area (TPSA) is 90.5 Å². The zero-order chi connectivity index (χ0) is 18.3. The second kappa shape index (κ2) is 6.18. The molecule has 2 heterocycles. The van der Waals surface area contributed by atoms with E-state index < -0.39 is 17.8 Å². The Balaban J connectivity index is 1.59. The van der Waals surface area contributed by atoms with E-state index in [9.17, 15) is 14.4 Å². The fourth-order valence-electron chi connectivity index (χ4n) is 3.08. The Morgan fingerprint density at radius 2 is 2.00 bits per heavy atom. The van der Waals surface area contributed by atoms with E-state index in [1.165, 1.54) is 4.57 Å². The lowest BCUT2D eigenvalue weighted by atomic mass is 10.0. The summed E-state index contributed by atoms with van der Waals surface area (Å²) < 4.78 is 11.9. The summed E-state index contributed by atoms with van der Waals surface area (Å²) in [5, 5.41) is 2.78. The van der Waals surface area contributed by atoms with Gasteiger partial charge in [-0.1, -0.05) is 12.1 Å². The van der Waals surface area contributed by atoms with Crippen LogP contribution in [0.2, 0.25) is 0 Å². The summed E-state index contributed by atoms with van der Waals surface area (Å²) in [6.07, 6.45) is 0.991. The molecule has 7 nitrogen and oxygen atoms in total. The Kier molecular flexibility index (Phi) is 3.84. The van der Waals surface area contributed by atoms with Gasteiger partial charge >= 0.3 is 11.7 Å². The first-order valence-electron chi connectivity index (χ1n) is 8.27. The van der Waals surface area contributed by atoms with E-state index in [-0.39, 0.29) is 5.91 Å². The number of aromatic nitrogens is 1. The van der Waals surface area contributed by atoms with Gasteiger partial charge in [-0.3, -0.25) is 9.36 Å². The largest absolute Gasteiger partial charge is 0.425 e. The molecule has 1 aliphatic heterocycles. The van der Waals surface area contributed by atoms with E-state index in [1.807, 2.05) is 0 Å². The average molecular weight is 352 g/mol. The summed E-state index contributed by atoms with van der Waals surface area (Å²) in [7, 11) is 0. The third-order valence-corrected chi connectivity index (χ3v) is 4.44. The van der Waals surface area contributed by atoms with E-state index in [0.29, 0.717) is 29.7 Å². The number of nitrogens with one attached hydrogen (secondary N) is 1. The second-order valence-corrected chi connectivity index (χ2v) is 6.17. The number of ether oxygens (including phenoxy) is 1. The number of aryl methyl sites for hydroxylation is 1. The number of anilines is 1. The molecule has 26 heavy (non-hydrogen) atoms. The van der Waals surface area contributed by atoms with Gasteiger partial charge in [-0.2, -0.15) is 0 Å². The van der Waals surface area contributed by atoms with Crippen LogP contribution in [0, 0.1) is 0 Å². The standard InChI is InChI=1S/C19H16N2O5/c1-11(21-15-4-2-3-5-16(15)26-19(21)24)18(23)25-13-7-8-14-12(10-13)6-9-17(22)20-14/h2-5,7-8,10-11H,6,9H2,1H3,(H,20,22). The van der Waals surface area contributed by atoms with Crippen LogP contribution < -0.4 is 15.8 Å². The lowest BCUT2D eigenvalue weighted by Gasteiger charge is -2.18. The number of oxazole rings is 1. The van der Waals surface area contributed by atoms with Crippen LogP contribution >= 0.6 is 0 Å². The Labute approximate surface area is 148 Å². The van der Waals surface area contributed by atoms with Crippen molar-refractivity contribution in [2.75, 3.05) is 5.32 Å². The molecule has 7 heteroatoms. The fourth-order valence-corrected chi connectivity index (χ4v) is 3.08. The monoisotopic (exact) mass is 352 g/mol. The van der Waals surface area contributed by atoms with Gasteiger partial charge in [0.15, 0.2) is 5.58 Å². The predicted octanol–water partition coefficient (Wildman–Crippen LogP) is 2.65. The maximum Gasteiger partial charge on any atom is 0.420 e. The summed E-state index contributed by atoms with van der Waals surface area (Å²) in [5.74, 6) is -0.832. The lowest BCUT2D eigenvalue weighted by Crippen LogP contribution is -2.28. The maximum absolute atomic E-state index is 12.5. The summed E-state index contributed by atoms with van der Waals surface area (Å²) in [4.78, 5) is 36.1. The molecule has 0 radical (unpaired) electrons. The predicted molar refractivity (Wildman–Crippen MR) is 94.2 cm³/mol. The number of benzene rings is 2. The van der Waals surface area contributed by atoms with Gasteiger partial charge in [0.2, 0.25) is 5.91 Å². The van der Waals surface area contributed by atoms with Crippen molar-refractivity contribution in [3.8, 4) is 5.75 Å². The first-order valence-corrected chi connectivity index (χ1v) is 8.27. The van der Waals surface area contributed by atoms with E-state index in [2.05, 4.69) is 5.32 Å². The highest BCUT2D eigenvalue weighted by molar-refractivity contribution is 5.94. The van der Waals surface area contributed by atoms with Crippen LogP contribution in [0.5, 0.6) is 5.75 Å². The molecule has 0 fully saturated rings. The normalized spacial score (nSPS) is 14.6. The van der Waals surface area contributed by atoms with Crippen LogP contribution in [-0.4, -0.2) is 16.4 Å². The number of carbonyl (C=O) groups is 2. The first kappa shape index (κ1) is 16.1. The molecule has 0 saturated carbocycles. The summed E-state index contributed by atoms with van der Waals surface area (Å²) in [6, 6.07) is 11.1. The maximum atomic E-state index is 12.5. The van der Waals surface area contributed by atoms with Crippen molar-refractivity contribution >= 4 is 28.7 Å². The third kappa shape index (κ3) is 2.77. The highest BCUT2D eigenvalue weighted by Gasteiger charge is 2.24. The molecule has 1 aliphatic rings. The molecule has 1 unspecified atom stereocenters. The zero-order valence-electron chi connectivity index (χ0n) is 14.0. The fraction of sp³-hybridized carbons (Fsp3) is 0.211. The quantitative estimate of drug-likeness (QED) is 0.578. The highest BCUT2D eigenvalue weighted by atomic mass is 16.5. The number of para-hydroxylation sites is 2. The summed E-state index contributed by atoms with van der Waals surface area (Å²) in [5.41, 5.74) is 2.59. The van der Waals surface area contributed by atoms with E-state index in [4.69, 9.17) is 9.15 Å². The minimum atomic E-state index is -0.845. The van der Waals surface area contributed by atoms with Crippen molar-refractivity contribution < 1.29 is 18.7 Å². The molecule has 3 aromatic rings. The van der Waals surface area contributed by atoms with Crippen LogP contribution in [0.1, 0.15) is 24.9 Å². The van der Waals surface area contributed by atoms with Gasteiger partial charge in [0.25, 0.3) is 0 Å². The van der Waals surface area contributed by atoms with Crippen molar-refractivity contribution in [2.45, 2.75) is 25.8 Å². The molecule has 0 aliphatic carbocycles. The van der Waals surface area contributed by atoms with Gasteiger partial charge < -0.3 is 14.5 Å². The molecule has 1 atom stereocenters. The number of amides is 1. The van der Waals surface area contributed by atoms with Crippen LogP contribution in [0.4, 0.5) is 5.69 Å². The Morgan fingerprint density at radius 3 is 2.85 bits per heavy atom. The van der Waals surface area contributed by atoms with Crippen molar-refractivity contribution in [1.29, 1.82) is 0 Å². The number of fused-ring (bicyclic) bond motifs is 2. The van der Waals surface area contributed by atoms with Crippen molar-refractivity contribution in [3.63, 3.8) is 0 Å². The minimum Gasteiger partial charge on any atom is -0.425 e. The highest BCUT2D eigenvalue weighted by Crippen LogP contribution is 2.27. The number of esters is 1. The molecule has 1 N–H and O–H groups in total. The Bertz CT molecular complexity index is 1080. The first-order chi connectivity index (χ1) is 12.5. The van der Waals surface area contributed by atoms with Gasteiger partial charge in [-0.25, -0.2) is 9.59 Å². The number of rotatable bonds is 3. The number of hydrogen-bond donors (Lipinski definition) is 1. The van der Waals surface area contributed by atoms with Gasteiger partial charge in [0, 0.05) is 12.1 Å². The molecule has 2 aromatic carbocycles. The van der Waals surface area contributed by atoms with Crippen LogP contribution in [-0.2, 0) is 16.0 Å². The van der Waals surface area contributed by atoms with Crippen molar-refractivity contribution in [3.05, 3.63) is 58.6 Å². The lowest BCUT2D eigenvalue weighted by molar-refractivity contribution is -0.137. The van der Waals surface area contributed by atoms with Crippen molar-refractivity contribution in [1.82, 2.24) is 4.57 Å². The van der Waals surface area contributed by atoms with E-state index in [0.717, 1.165) is 11.3 Å². The molecule has 4 rings (SSSR count). The molecule has 132 valence electrons. The van der Waals surface area contributed by atoms with Crippen molar-refractivity contribution in [2.24, 2.45) is 0 Å². The van der Waals surface area contributed by atoms with Gasteiger partial charge in [0.05, 0.1) is 5.52 Å². The van der Waals surface area contributed by atoms with E-state index in [1.54, 1.807) is 49.4 Å². The molecular weight excluding hydrogens is 336 g/mol. The smallest absolute Gasteiger partial charge is 0.420 e. The Morgan fingerprint density at radius 1 is 1.19 bits per heavy atom. The SMILES string of the molecule is CC(C(=O)Oc1ccc2c(c1)CCC(=O)N2)n1c(=O)oc2ccccc21.